The first-order chi connectivity index (χ1) is 6.61. The lowest BCUT2D eigenvalue weighted by molar-refractivity contribution is 0.337. The molecule has 0 rings (SSSR count). The summed E-state index contributed by atoms with van der Waals surface area (Å²) in [5.41, 5.74) is 6.22. The molecule has 0 radical (unpaired) electrons. The summed E-state index contributed by atoms with van der Waals surface area (Å²) in [6.07, 6.45) is 7.70. The zero-order valence-electron chi connectivity index (χ0n) is 10.6. The predicted octanol–water partition coefficient (Wildman–Crippen LogP) is 3.97. The van der Waals surface area contributed by atoms with Gasteiger partial charge in [0.2, 0.25) is 0 Å². The third kappa shape index (κ3) is 6.42. The van der Waals surface area contributed by atoms with E-state index in [-0.39, 0.29) is 0 Å². The minimum Gasteiger partial charge on any atom is -0.327 e. The molecule has 0 heterocycles. The molecule has 0 aromatic rings. The third-order valence-electron chi connectivity index (χ3n) is 3.14. The van der Waals surface area contributed by atoms with E-state index in [9.17, 15) is 0 Å². The molecule has 0 amide bonds. The fraction of sp³-hybridized carbons (Fsp3) is 1.00. The molecule has 0 aromatic carbocycles. The standard InChI is InChI=1S/C13H29N/c1-5-7-8-12(6-2)13(14)10-9-11(3)4/h11-13H,5-10,14H2,1-4H3. The van der Waals surface area contributed by atoms with Crippen LogP contribution in [0, 0.1) is 11.8 Å². The second kappa shape index (κ2) is 8.28. The van der Waals surface area contributed by atoms with Crippen molar-refractivity contribution in [2.45, 2.75) is 72.3 Å². The SMILES string of the molecule is CCCCC(CC)C(N)CCC(C)C. The van der Waals surface area contributed by atoms with Gasteiger partial charge in [-0.05, 0) is 31.1 Å². The molecule has 2 atom stereocenters. The van der Waals surface area contributed by atoms with Gasteiger partial charge in [-0.25, -0.2) is 0 Å². The molecule has 0 bridgehead atoms. The van der Waals surface area contributed by atoms with Gasteiger partial charge in [-0.2, -0.15) is 0 Å². The Morgan fingerprint density at radius 3 is 2.07 bits per heavy atom. The van der Waals surface area contributed by atoms with Crippen molar-refractivity contribution in [1.29, 1.82) is 0 Å². The number of unbranched alkanes of at least 4 members (excludes halogenated alkanes) is 1. The first-order valence-electron chi connectivity index (χ1n) is 6.37. The van der Waals surface area contributed by atoms with Crippen LogP contribution >= 0.6 is 0 Å². The Labute approximate surface area is 90.5 Å². The van der Waals surface area contributed by atoms with Crippen LogP contribution in [0.5, 0.6) is 0 Å². The summed E-state index contributed by atoms with van der Waals surface area (Å²) >= 11 is 0. The zero-order valence-corrected chi connectivity index (χ0v) is 10.6. The molecule has 2 N–H and O–H groups in total. The summed E-state index contributed by atoms with van der Waals surface area (Å²) in [5, 5.41) is 0. The molecule has 1 heteroatoms. The Bertz CT molecular complexity index is 120. The van der Waals surface area contributed by atoms with Crippen molar-refractivity contribution >= 4 is 0 Å². The van der Waals surface area contributed by atoms with E-state index in [2.05, 4.69) is 27.7 Å². The van der Waals surface area contributed by atoms with Crippen LogP contribution in [0.1, 0.15) is 66.2 Å². The maximum atomic E-state index is 6.22. The molecule has 0 saturated carbocycles. The summed E-state index contributed by atoms with van der Waals surface area (Å²) in [4.78, 5) is 0. The van der Waals surface area contributed by atoms with Crippen molar-refractivity contribution < 1.29 is 0 Å². The van der Waals surface area contributed by atoms with Crippen molar-refractivity contribution in [3.05, 3.63) is 0 Å². The van der Waals surface area contributed by atoms with E-state index < -0.39 is 0 Å². The molecule has 0 fully saturated rings. The van der Waals surface area contributed by atoms with Gasteiger partial charge in [-0.3, -0.25) is 0 Å². The normalized spacial score (nSPS) is 15.9. The molecule has 0 aliphatic carbocycles. The maximum absolute atomic E-state index is 6.22. The molecule has 86 valence electrons. The predicted molar refractivity (Wildman–Crippen MR) is 65.4 cm³/mol. The van der Waals surface area contributed by atoms with Gasteiger partial charge in [0.05, 0.1) is 0 Å². The fourth-order valence-electron chi connectivity index (χ4n) is 1.95. The van der Waals surface area contributed by atoms with Gasteiger partial charge < -0.3 is 5.73 Å². The highest BCUT2D eigenvalue weighted by Crippen LogP contribution is 2.20. The Kier molecular flexibility index (Phi) is 8.26. The quantitative estimate of drug-likeness (QED) is 0.629. The molecular formula is C13H29N. The largest absolute Gasteiger partial charge is 0.327 e. The molecule has 1 nitrogen and oxygen atoms in total. The summed E-state index contributed by atoms with van der Waals surface area (Å²) in [6.45, 7) is 9.08. The topological polar surface area (TPSA) is 26.0 Å². The second-order valence-electron chi connectivity index (χ2n) is 4.95. The van der Waals surface area contributed by atoms with Gasteiger partial charge in [0.25, 0.3) is 0 Å². The van der Waals surface area contributed by atoms with Gasteiger partial charge in [0.1, 0.15) is 0 Å². The zero-order chi connectivity index (χ0) is 11.0. The van der Waals surface area contributed by atoms with Gasteiger partial charge in [-0.1, -0.05) is 47.0 Å². The van der Waals surface area contributed by atoms with Crippen LogP contribution in [0.3, 0.4) is 0 Å². The van der Waals surface area contributed by atoms with Gasteiger partial charge in [0, 0.05) is 6.04 Å². The van der Waals surface area contributed by atoms with E-state index in [1.165, 1.54) is 38.5 Å². The summed E-state index contributed by atoms with van der Waals surface area (Å²) < 4.78 is 0. The van der Waals surface area contributed by atoms with E-state index in [1.807, 2.05) is 0 Å². The van der Waals surface area contributed by atoms with Gasteiger partial charge >= 0.3 is 0 Å². The van der Waals surface area contributed by atoms with Crippen LogP contribution in [0.2, 0.25) is 0 Å². The monoisotopic (exact) mass is 199 g/mol. The Balaban J connectivity index is 3.72. The molecule has 0 saturated heterocycles. The number of hydrogen-bond donors (Lipinski definition) is 1. The van der Waals surface area contributed by atoms with Crippen LogP contribution < -0.4 is 5.73 Å². The van der Waals surface area contributed by atoms with Crippen LogP contribution in [0.4, 0.5) is 0 Å². The third-order valence-corrected chi connectivity index (χ3v) is 3.14. The average molecular weight is 199 g/mol. The second-order valence-corrected chi connectivity index (χ2v) is 4.95. The highest BCUT2D eigenvalue weighted by molar-refractivity contribution is 4.72. The van der Waals surface area contributed by atoms with Crippen LogP contribution in [0.25, 0.3) is 0 Å². The van der Waals surface area contributed by atoms with Gasteiger partial charge in [0.15, 0.2) is 0 Å². The van der Waals surface area contributed by atoms with Crippen molar-refractivity contribution in [2.75, 3.05) is 0 Å². The Morgan fingerprint density at radius 2 is 1.64 bits per heavy atom. The van der Waals surface area contributed by atoms with E-state index in [1.54, 1.807) is 0 Å². The van der Waals surface area contributed by atoms with Crippen LogP contribution in [-0.2, 0) is 0 Å². The molecule has 0 aliphatic heterocycles. The molecule has 0 aliphatic rings. The maximum Gasteiger partial charge on any atom is 0.00671 e. The average Bonchev–Trinajstić information content (AvgIpc) is 2.16. The van der Waals surface area contributed by atoms with E-state index >= 15 is 0 Å². The van der Waals surface area contributed by atoms with Gasteiger partial charge in [-0.15, -0.1) is 0 Å². The minimum absolute atomic E-state index is 0.439. The summed E-state index contributed by atoms with van der Waals surface area (Å²) in [5.74, 6) is 1.55. The lowest BCUT2D eigenvalue weighted by Crippen LogP contribution is -2.30. The van der Waals surface area contributed by atoms with E-state index in [0.717, 1.165) is 11.8 Å². The fourth-order valence-corrected chi connectivity index (χ4v) is 1.95. The molecule has 14 heavy (non-hydrogen) atoms. The Morgan fingerprint density at radius 1 is 1.00 bits per heavy atom. The summed E-state index contributed by atoms with van der Waals surface area (Å²) in [7, 11) is 0. The molecule has 0 spiro atoms. The molecular weight excluding hydrogens is 170 g/mol. The van der Waals surface area contributed by atoms with Crippen molar-refractivity contribution in [3.63, 3.8) is 0 Å². The Hall–Kier alpha value is -0.0400. The van der Waals surface area contributed by atoms with Crippen LogP contribution in [0.15, 0.2) is 0 Å². The van der Waals surface area contributed by atoms with E-state index in [4.69, 9.17) is 5.73 Å². The van der Waals surface area contributed by atoms with Crippen molar-refractivity contribution in [1.82, 2.24) is 0 Å². The lowest BCUT2D eigenvalue weighted by atomic mass is 9.88. The first-order valence-corrected chi connectivity index (χ1v) is 6.37. The lowest BCUT2D eigenvalue weighted by Gasteiger charge is -2.23. The number of rotatable bonds is 8. The van der Waals surface area contributed by atoms with Crippen molar-refractivity contribution in [3.8, 4) is 0 Å². The highest BCUT2D eigenvalue weighted by Gasteiger charge is 2.15. The number of nitrogens with two attached hydrogens (primary N) is 1. The van der Waals surface area contributed by atoms with E-state index in [0.29, 0.717) is 6.04 Å². The molecule has 2 unspecified atom stereocenters. The minimum atomic E-state index is 0.439. The van der Waals surface area contributed by atoms with Crippen LogP contribution in [-0.4, -0.2) is 6.04 Å². The smallest absolute Gasteiger partial charge is 0.00671 e. The van der Waals surface area contributed by atoms with Crippen molar-refractivity contribution in [2.24, 2.45) is 17.6 Å². The molecule has 0 aromatic heterocycles. The first kappa shape index (κ1) is 14.0. The summed E-state index contributed by atoms with van der Waals surface area (Å²) in [6, 6.07) is 0.439. The highest BCUT2D eigenvalue weighted by atomic mass is 14.6. The number of hydrogen-bond acceptors (Lipinski definition) is 1.